The predicted molar refractivity (Wildman–Crippen MR) is 16.0 cm³/mol. The minimum atomic E-state index is 0. The molecule has 0 rings (SSSR count). The number of carbonyl (C=O) groups excluding carboxylic acids is 1. The van der Waals surface area contributed by atoms with E-state index in [0.717, 1.165) is 0 Å². The summed E-state index contributed by atoms with van der Waals surface area (Å²) in [6.07, 6.45) is 2.19. The average Bonchev–Trinajstić information content (AvgIpc) is 1.37. The molecule has 0 aromatic rings. The van der Waals surface area contributed by atoms with Crippen molar-refractivity contribution in [3.05, 3.63) is 0 Å². The van der Waals surface area contributed by atoms with Crippen LogP contribution in [0.4, 0.5) is 0 Å². The van der Waals surface area contributed by atoms with Crippen LogP contribution in [0.15, 0.2) is 0 Å². The third kappa shape index (κ3) is 11.7. The zero-order valence-corrected chi connectivity index (χ0v) is 6.03. The standard InChI is InChI=1S/C3H5O.Y/c1-2-3-4;/h2H2,1H3;/q-1;+3. The molecule has 1 nitrogen and oxygen atoms in total. The molecular formula is C3H5OY+2. The largest absolute Gasteiger partial charge is 3.00 e. The molecule has 0 amide bonds. The molecule has 0 saturated heterocycles. The van der Waals surface area contributed by atoms with Crippen molar-refractivity contribution in [2.24, 2.45) is 0 Å². The molecule has 0 aromatic carbocycles. The van der Waals surface area contributed by atoms with Gasteiger partial charge in [-0.25, -0.2) is 0 Å². The zero-order valence-electron chi connectivity index (χ0n) is 3.19. The molecule has 0 radical (unpaired) electrons. The first kappa shape index (κ1) is 9.24. The van der Waals surface area contributed by atoms with Crippen molar-refractivity contribution >= 4 is 6.29 Å². The van der Waals surface area contributed by atoms with Crippen LogP contribution in [0.3, 0.4) is 0 Å². The molecular weight excluding hydrogens is 141 g/mol. The molecule has 0 atom stereocenters. The van der Waals surface area contributed by atoms with Gasteiger partial charge in [0.25, 0.3) is 0 Å². The molecule has 24 valence electrons. The van der Waals surface area contributed by atoms with E-state index >= 15 is 0 Å². The van der Waals surface area contributed by atoms with E-state index in [1.807, 2.05) is 0 Å². The monoisotopic (exact) mass is 146 g/mol. The fourth-order valence-corrected chi connectivity index (χ4v) is 0. The summed E-state index contributed by atoms with van der Waals surface area (Å²) in [6.45, 7) is 1.76. The van der Waals surface area contributed by atoms with Gasteiger partial charge < -0.3 is 4.79 Å². The Hall–Kier alpha value is 0.774. The summed E-state index contributed by atoms with van der Waals surface area (Å²) < 4.78 is 0. The van der Waals surface area contributed by atoms with Crippen molar-refractivity contribution < 1.29 is 37.5 Å². The van der Waals surface area contributed by atoms with Crippen molar-refractivity contribution in [3.8, 4) is 0 Å². The molecule has 0 aliphatic carbocycles. The molecule has 5 heavy (non-hydrogen) atoms. The van der Waals surface area contributed by atoms with Crippen LogP contribution in [-0.2, 0) is 37.5 Å². The summed E-state index contributed by atoms with van der Waals surface area (Å²) in [4.78, 5) is 9.05. The topological polar surface area (TPSA) is 17.1 Å². The zero-order chi connectivity index (χ0) is 3.41. The molecule has 0 bridgehead atoms. The van der Waals surface area contributed by atoms with Crippen molar-refractivity contribution in [3.63, 3.8) is 0 Å². The summed E-state index contributed by atoms with van der Waals surface area (Å²) in [5, 5.41) is 0. The minimum Gasteiger partial charge on any atom is -0.542 e. The van der Waals surface area contributed by atoms with E-state index in [9.17, 15) is 0 Å². The van der Waals surface area contributed by atoms with Gasteiger partial charge in [-0.05, 0) is 0 Å². The first-order valence-corrected chi connectivity index (χ1v) is 1.26. The van der Waals surface area contributed by atoms with Gasteiger partial charge >= 0.3 is 32.7 Å². The van der Waals surface area contributed by atoms with E-state index in [-0.39, 0.29) is 32.7 Å². The van der Waals surface area contributed by atoms with Crippen LogP contribution in [0.2, 0.25) is 0 Å². The van der Waals surface area contributed by atoms with Gasteiger partial charge in [-0.2, -0.15) is 6.42 Å². The van der Waals surface area contributed by atoms with Crippen LogP contribution in [0, 0.1) is 0 Å². The van der Waals surface area contributed by atoms with Gasteiger partial charge in [0, 0.05) is 0 Å². The van der Waals surface area contributed by atoms with Crippen LogP contribution in [0.25, 0.3) is 0 Å². The van der Waals surface area contributed by atoms with Crippen LogP contribution < -0.4 is 0 Å². The van der Waals surface area contributed by atoms with Gasteiger partial charge in [0.1, 0.15) is 0 Å². The summed E-state index contributed by atoms with van der Waals surface area (Å²) in [5.41, 5.74) is 0. The third-order valence-corrected chi connectivity index (χ3v) is 0.144. The van der Waals surface area contributed by atoms with E-state index in [0.29, 0.717) is 6.42 Å². The Morgan fingerprint density at radius 1 is 1.80 bits per heavy atom. The molecule has 0 spiro atoms. The van der Waals surface area contributed by atoms with Crippen LogP contribution >= 0.6 is 0 Å². The van der Waals surface area contributed by atoms with Crippen LogP contribution in [0.1, 0.15) is 13.3 Å². The minimum absolute atomic E-state index is 0. The van der Waals surface area contributed by atoms with E-state index in [1.165, 1.54) is 0 Å². The molecule has 0 fully saturated rings. The quantitative estimate of drug-likeness (QED) is 0.492. The number of hydrogen-bond donors (Lipinski definition) is 0. The Morgan fingerprint density at radius 2 is 2.00 bits per heavy atom. The number of hydrogen-bond acceptors (Lipinski definition) is 1. The van der Waals surface area contributed by atoms with E-state index < -0.39 is 0 Å². The second-order valence-corrected chi connectivity index (χ2v) is 0.498. The second-order valence-electron chi connectivity index (χ2n) is 0.498. The summed E-state index contributed by atoms with van der Waals surface area (Å²) in [6, 6.07) is 0. The molecule has 0 saturated carbocycles. The van der Waals surface area contributed by atoms with Crippen LogP contribution in [0.5, 0.6) is 0 Å². The normalized spacial score (nSPS) is 5.00. The summed E-state index contributed by atoms with van der Waals surface area (Å²) in [5.74, 6) is 0. The first-order chi connectivity index (χ1) is 1.91. The third-order valence-electron chi connectivity index (χ3n) is 0.144. The maximum atomic E-state index is 9.05. The van der Waals surface area contributed by atoms with Crippen molar-refractivity contribution in [1.29, 1.82) is 0 Å². The Labute approximate surface area is 57.0 Å². The van der Waals surface area contributed by atoms with Crippen molar-refractivity contribution in [2.75, 3.05) is 0 Å². The second kappa shape index (κ2) is 8.84. The van der Waals surface area contributed by atoms with Crippen molar-refractivity contribution in [1.82, 2.24) is 0 Å². The summed E-state index contributed by atoms with van der Waals surface area (Å²) in [7, 11) is 0. The molecule has 0 aliphatic rings. The Balaban J connectivity index is 0. The Kier molecular flexibility index (Phi) is 16.3. The fourth-order valence-electron chi connectivity index (χ4n) is 0. The first-order valence-electron chi connectivity index (χ1n) is 1.26. The average molecular weight is 146 g/mol. The number of rotatable bonds is 1. The SMILES string of the molecule is CC[C-]=O.[Y+3]. The molecule has 0 aromatic heterocycles. The molecule has 0 aliphatic heterocycles. The van der Waals surface area contributed by atoms with Gasteiger partial charge in [0.15, 0.2) is 0 Å². The molecule has 2 heteroatoms. The van der Waals surface area contributed by atoms with Gasteiger partial charge in [-0.15, -0.1) is 0 Å². The fraction of sp³-hybridized carbons (Fsp3) is 0.667. The van der Waals surface area contributed by atoms with Gasteiger partial charge in [0.2, 0.25) is 0 Å². The predicted octanol–water partition coefficient (Wildman–Crippen LogP) is 0.504. The smallest absolute Gasteiger partial charge is 0.542 e. The maximum Gasteiger partial charge on any atom is 3.00 e. The molecule has 0 heterocycles. The van der Waals surface area contributed by atoms with Gasteiger partial charge in [-0.3, -0.25) is 6.29 Å². The Morgan fingerprint density at radius 3 is 2.00 bits per heavy atom. The van der Waals surface area contributed by atoms with Crippen LogP contribution in [-0.4, -0.2) is 6.29 Å². The molecule has 0 N–H and O–H groups in total. The van der Waals surface area contributed by atoms with E-state index in [2.05, 4.69) is 0 Å². The van der Waals surface area contributed by atoms with Gasteiger partial charge in [-0.1, -0.05) is 6.92 Å². The maximum absolute atomic E-state index is 9.05. The van der Waals surface area contributed by atoms with E-state index in [1.54, 1.807) is 13.2 Å². The molecule has 0 unspecified atom stereocenters. The Bertz CT molecular complexity index is 20.9. The summed E-state index contributed by atoms with van der Waals surface area (Å²) >= 11 is 0. The van der Waals surface area contributed by atoms with E-state index in [4.69, 9.17) is 4.79 Å². The van der Waals surface area contributed by atoms with Crippen molar-refractivity contribution in [2.45, 2.75) is 13.3 Å². The van der Waals surface area contributed by atoms with Gasteiger partial charge in [0.05, 0.1) is 0 Å².